The van der Waals surface area contributed by atoms with Gasteiger partial charge in [-0.05, 0) is 39.0 Å². The van der Waals surface area contributed by atoms with Gasteiger partial charge in [0.15, 0.2) is 0 Å². The average molecular weight is 397 g/mol. The van der Waals surface area contributed by atoms with Crippen LogP contribution in [-0.2, 0) is 9.59 Å². The Morgan fingerprint density at radius 1 is 1.31 bits per heavy atom. The molecule has 26 heavy (non-hydrogen) atoms. The van der Waals surface area contributed by atoms with Crippen molar-refractivity contribution in [3.63, 3.8) is 0 Å². The lowest BCUT2D eigenvalue weighted by atomic mass is 10.1. The molecule has 0 bridgehead atoms. The average Bonchev–Trinajstić information content (AvgIpc) is 2.99. The predicted octanol–water partition coefficient (Wildman–Crippen LogP) is 2.86. The van der Waals surface area contributed by atoms with Crippen molar-refractivity contribution in [2.75, 3.05) is 19.3 Å². The highest BCUT2D eigenvalue weighted by molar-refractivity contribution is 7.99. The molecule has 0 spiro atoms. The zero-order valence-electron chi connectivity index (χ0n) is 15.1. The number of aromatic nitrogens is 2. The molecule has 1 heterocycles. The predicted molar refractivity (Wildman–Crippen MR) is 101 cm³/mol. The van der Waals surface area contributed by atoms with Crippen molar-refractivity contribution < 1.29 is 14.0 Å². The lowest BCUT2D eigenvalue weighted by Gasteiger charge is -2.23. The molecule has 1 aromatic heterocycles. The molecule has 2 aromatic rings. The first-order valence-electron chi connectivity index (χ1n) is 7.91. The Labute approximate surface area is 161 Å². The van der Waals surface area contributed by atoms with E-state index < -0.39 is 0 Å². The molecule has 0 aliphatic rings. The molecule has 1 N–H and O–H groups in total. The standard InChI is InChI=1S/C17H21ClN4O3S/c1-17(2,3)19-13(23)9-22(4)14(24)10-26-16-21-20-15(25-16)11-6-5-7-12(18)8-11/h5-8H,9-10H2,1-4H3,(H,19,23). The molecule has 9 heteroatoms. The minimum Gasteiger partial charge on any atom is -0.411 e. The second-order valence-corrected chi connectivity index (χ2v) is 8.08. The van der Waals surface area contributed by atoms with Crippen LogP contribution in [0.1, 0.15) is 20.8 Å². The zero-order chi connectivity index (χ0) is 19.3. The van der Waals surface area contributed by atoms with Crippen LogP contribution in [0.4, 0.5) is 0 Å². The van der Waals surface area contributed by atoms with Crippen LogP contribution >= 0.6 is 23.4 Å². The normalized spacial score (nSPS) is 11.3. The molecule has 0 aliphatic heterocycles. The van der Waals surface area contributed by atoms with Gasteiger partial charge in [0.05, 0.1) is 12.3 Å². The number of nitrogens with one attached hydrogen (secondary N) is 1. The molecule has 0 atom stereocenters. The van der Waals surface area contributed by atoms with Crippen LogP contribution in [0.2, 0.25) is 5.02 Å². The highest BCUT2D eigenvalue weighted by atomic mass is 35.5. The van der Waals surface area contributed by atoms with Gasteiger partial charge in [-0.25, -0.2) is 0 Å². The highest BCUT2D eigenvalue weighted by Gasteiger charge is 2.19. The third-order valence-electron chi connectivity index (χ3n) is 3.12. The molecule has 0 unspecified atom stereocenters. The topological polar surface area (TPSA) is 88.3 Å². The lowest BCUT2D eigenvalue weighted by Crippen LogP contribution is -2.46. The molecule has 140 valence electrons. The summed E-state index contributed by atoms with van der Waals surface area (Å²) in [5.41, 5.74) is 0.370. The first kappa shape index (κ1) is 20.3. The summed E-state index contributed by atoms with van der Waals surface area (Å²) < 4.78 is 5.53. The number of hydrogen-bond donors (Lipinski definition) is 1. The number of amides is 2. The van der Waals surface area contributed by atoms with Crippen molar-refractivity contribution in [3.8, 4) is 11.5 Å². The Bertz CT molecular complexity index is 788. The maximum Gasteiger partial charge on any atom is 0.277 e. The number of thioether (sulfide) groups is 1. The summed E-state index contributed by atoms with van der Waals surface area (Å²) >= 11 is 7.06. The summed E-state index contributed by atoms with van der Waals surface area (Å²) in [6, 6.07) is 7.06. The lowest BCUT2D eigenvalue weighted by molar-refractivity contribution is -0.133. The van der Waals surface area contributed by atoms with E-state index in [0.29, 0.717) is 16.5 Å². The largest absolute Gasteiger partial charge is 0.411 e. The summed E-state index contributed by atoms with van der Waals surface area (Å²) in [4.78, 5) is 25.4. The Kier molecular flexibility index (Phi) is 6.66. The summed E-state index contributed by atoms with van der Waals surface area (Å²) in [5, 5.41) is 11.5. The van der Waals surface area contributed by atoms with E-state index in [1.807, 2.05) is 20.8 Å². The van der Waals surface area contributed by atoms with Crippen LogP contribution < -0.4 is 5.32 Å². The Morgan fingerprint density at radius 2 is 2.04 bits per heavy atom. The van der Waals surface area contributed by atoms with E-state index in [4.69, 9.17) is 16.0 Å². The number of carbonyl (C=O) groups excluding carboxylic acids is 2. The van der Waals surface area contributed by atoms with Crippen LogP contribution in [0.5, 0.6) is 0 Å². The van der Waals surface area contributed by atoms with Gasteiger partial charge in [0.1, 0.15) is 0 Å². The summed E-state index contributed by atoms with van der Waals surface area (Å²) in [7, 11) is 1.58. The molecule has 0 radical (unpaired) electrons. The van der Waals surface area contributed by atoms with Crippen molar-refractivity contribution in [3.05, 3.63) is 29.3 Å². The fourth-order valence-electron chi connectivity index (χ4n) is 2.00. The number of halogens is 1. The smallest absolute Gasteiger partial charge is 0.277 e. The highest BCUT2D eigenvalue weighted by Crippen LogP contribution is 2.25. The monoisotopic (exact) mass is 396 g/mol. The molecule has 0 aliphatic carbocycles. The van der Waals surface area contributed by atoms with E-state index >= 15 is 0 Å². The van der Waals surface area contributed by atoms with Gasteiger partial charge in [-0.1, -0.05) is 29.4 Å². The van der Waals surface area contributed by atoms with Gasteiger partial charge in [-0.15, -0.1) is 10.2 Å². The van der Waals surface area contributed by atoms with Crippen LogP contribution in [0.15, 0.2) is 33.9 Å². The molecule has 2 rings (SSSR count). The van der Waals surface area contributed by atoms with E-state index in [1.54, 1.807) is 31.3 Å². The molecule has 2 amide bonds. The fraction of sp³-hybridized carbons (Fsp3) is 0.412. The minimum absolute atomic E-state index is 0.00569. The van der Waals surface area contributed by atoms with Crippen molar-refractivity contribution >= 4 is 35.2 Å². The molecule has 7 nitrogen and oxygen atoms in total. The molecule has 0 fully saturated rings. The summed E-state index contributed by atoms with van der Waals surface area (Å²) in [6.45, 7) is 5.65. The Balaban J connectivity index is 1.86. The van der Waals surface area contributed by atoms with Gasteiger partial charge in [0.25, 0.3) is 5.22 Å². The van der Waals surface area contributed by atoms with Gasteiger partial charge in [-0.3, -0.25) is 9.59 Å². The van der Waals surface area contributed by atoms with Gasteiger partial charge in [0.2, 0.25) is 17.7 Å². The molecule has 1 aromatic carbocycles. The van der Waals surface area contributed by atoms with Crippen LogP contribution in [0.3, 0.4) is 0 Å². The second-order valence-electron chi connectivity index (χ2n) is 6.72. The first-order chi connectivity index (χ1) is 12.1. The molecular formula is C17H21ClN4O3S. The fourth-order valence-corrected chi connectivity index (χ4v) is 2.90. The van der Waals surface area contributed by atoms with Crippen molar-refractivity contribution in [2.24, 2.45) is 0 Å². The molecule has 0 saturated heterocycles. The second kappa shape index (κ2) is 8.55. The molecular weight excluding hydrogens is 376 g/mol. The van der Waals surface area contributed by atoms with Gasteiger partial charge < -0.3 is 14.6 Å². The van der Waals surface area contributed by atoms with Gasteiger partial charge in [0, 0.05) is 23.2 Å². The van der Waals surface area contributed by atoms with Crippen LogP contribution in [0.25, 0.3) is 11.5 Å². The number of rotatable bonds is 6. The number of hydrogen-bond acceptors (Lipinski definition) is 6. The quantitative estimate of drug-likeness (QED) is 0.755. The Morgan fingerprint density at radius 3 is 2.69 bits per heavy atom. The van der Waals surface area contributed by atoms with E-state index in [2.05, 4.69) is 15.5 Å². The third kappa shape index (κ3) is 6.34. The Hall–Kier alpha value is -2.06. The molecule has 0 saturated carbocycles. The van der Waals surface area contributed by atoms with Crippen LogP contribution in [0, 0.1) is 0 Å². The SMILES string of the molecule is CN(CC(=O)NC(C)(C)C)C(=O)CSc1nnc(-c2cccc(Cl)c2)o1. The summed E-state index contributed by atoms with van der Waals surface area (Å²) in [5.74, 6) is 0.0116. The van der Waals surface area contributed by atoms with Crippen molar-refractivity contribution in [1.29, 1.82) is 0 Å². The number of carbonyl (C=O) groups is 2. The van der Waals surface area contributed by atoms with E-state index in [9.17, 15) is 9.59 Å². The first-order valence-corrected chi connectivity index (χ1v) is 9.27. The number of nitrogens with zero attached hydrogens (tertiary/aromatic N) is 3. The number of likely N-dealkylation sites (N-methyl/N-ethyl adjacent to an activating group) is 1. The third-order valence-corrected chi connectivity index (χ3v) is 4.16. The van der Waals surface area contributed by atoms with E-state index in [1.165, 1.54) is 4.90 Å². The van der Waals surface area contributed by atoms with Crippen LogP contribution in [-0.4, -0.2) is 51.8 Å². The van der Waals surface area contributed by atoms with Crippen molar-refractivity contribution in [2.45, 2.75) is 31.5 Å². The maximum absolute atomic E-state index is 12.2. The zero-order valence-corrected chi connectivity index (χ0v) is 16.6. The minimum atomic E-state index is -0.337. The van der Waals surface area contributed by atoms with E-state index in [0.717, 1.165) is 11.8 Å². The number of benzene rings is 1. The maximum atomic E-state index is 12.2. The van der Waals surface area contributed by atoms with E-state index in [-0.39, 0.29) is 34.9 Å². The van der Waals surface area contributed by atoms with Gasteiger partial charge in [-0.2, -0.15) is 0 Å². The van der Waals surface area contributed by atoms with Gasteiger partial charge >= 0.3 is 0 Å². The summed E-state index contributed by atoms with van der Waals surface area (Å²) in [6.07, 6.45) is 0. The van der Waals surface area contributed by atoms with Crippen molar-refractivity contribution in [1.82, 2.24) is 20.4 Å².